The summed E-state index contributed by atoms with van der Waals surface area (Å²) in [5.41, 5.74) is 1.88. The van der Waals surface area contributed by atoms with Crippen molar-refractivity contribution in [3.05, 3.63) is 47.5 Å². The zero-order valence-corrected chi connectivity index (χ0v) is 15.3. The molecule has 2 aliphatic rings. The van der Waals surface area contributed by atoms with Crippen LogP contribution in [0.15, 0.2) is 42.0 Å². The third-order valence-corrected chi connectivity index (χ3v) is 4.49. The van der Waals surface area contributed by atoms with Gasteiger partial charge in [0, 0.05) is 6.54 Å². The molecule has 1 aliphatic carbocycles. The van der Waals surface area contributed by atoms with Crippen molar-refractivity contribution in [3.8, 4) is 0 Å². The molecule has 3 nitrogen and oxygen atoms in total. The second kappa shape index (κ2) is 9.63. The predicted molar refractivity (Wildman–Crippen MR) is 98.7 cm³/mol. The van der Waals surface area contributed by atoms with Crippen molar-refractivity contribution in [2.75, 3.05) is 6.54 Å². The zero-order valence-electron chi connectivity index (χ0n) is 15.3. The van der Waals surface area contributed by atoms with Gasteiger partial charge in [0.25, 0.3) is 0 Å². The highest BCUT2D eigenvalue weighted by atomic mass is 16.5. The van der Waals surface area contributed by atoms with Crippen LogP contribution in [0.5, 0.6) is 0 Å². The average Bonchev–Trinajstić information content (AvgIpc) is 3.06. The lowest BCUT2D eigenvalue weighted by atomic mass is 9.88. The van der Waals surface area contributed by atoms with Gasteiger partial charge in [-0.1, -0.05) is 70.0 Å². The first kappa shape index (κ1) is 18.7. The first-order valence-electron chi connectivity index (χ1n) is 9.35. The first-order valence-corrected chi connectivity index (χ1v) is 9.35. The number of esters is 1. The zero-order chi connectivity index (χ0) is 17.4. The van der Waals surface area contributed by atoms with Gasteiger partial charge in [0.2, 0.25) is 0 Å². The van der Waals surface area contributed by atoms with Crippen LogP contribution in [0.3, 0.4) is 0 Å². The van der Waals surface area contributed by atoms with Crippen LogP contribution >= 0.6 is 0 Å². The van der Waals surface area contributed by atoms with Crippen molar-refractivity contribution in [2.24, 2.45) is 5.92 Å². The Morgan fingerprint density at radius 3 is 2.58 bits per heavy atom. The van der Waals surface area contributed by atoms with Crippen LogP contribution in [0.4, 0.5) is 0 Å². The van der Waals surface area contributed by atoms with Crippen molar-refractivity contribution in [3.63, 3.8) is 0 Å². The van der Waals surface area contributed by atoms with E-state index in [0.717, 1.165) is 30.5 Å². The molecule has 132 valence electrons. The Bertz CT molecular complexity index is 538. The molecule has 1 aromatic rings. The molecule has 1 fully saturated rings. The smallest absolute Gasteiger partial charge is 0.335 e. The molecule has 1 N–H and O–H groups in total. The fourth-order valence-electron chi connectivity index (χ4n) is 3.36. The standard InChI is InChI=1S/C18H23NO2.C3H8/c1-13-6-5-9-15(12-13)21-18(20)16-10-11-19-17(16)14-7-3-2-4-8-14;1-3-2/h2-4,7-8,10,13,15,17,19H,5-6,9,11-12H2,1H3;3H2,1-2H3. The maximum atomic E-state index is 12.5. The highest BCUT2D eigenvalue weighted by Gasteiger charge is 2.30. The average molecular weight is 329 g/mol. The second-order valence-electron chi connectivity index (χ2n) is 6.92. The third-order valence-electron chi connectivity index (χ3n) is 4.49. The summed E-state index contributed by atoms with van der Waals surface area (Å²) in [5, 5.41) is 3.36. The van der Waals surface area contributed by atoms with Gasteiger partial charge in [-0.2, -0.15) is 0 Å². The molecule has 0 amide bonds. The topological polar surface area (TPSA) is 38.3 Å². The van der Waals surface area contributed by atoms with Crippen LogP contribution < -0.4 is 5.32 Å². The van der Waals surface area contributed by atoms with Crippen molar-refractivity contribution in [1.29, 1.82) is 0 Å². The Morgan fingerprint density at radius 2 is 1.92 bits per heavy atom. The number of ether oxygens (including phenoxy) is 1. The van der Waals surface area contributed by atoms with Gasteiger partial charge < -0.3 is 10.1 Å². The van der Waals surface area contributed by atoms with E-state index in [1.54, 1.807) is 0 Å². The van der Waals surface area contributed by atoms with E-state index in [4.69, 9.17) is 4.74 Å². The summed E-state index contributed by atoms with van der Waals surface area (Å²) in [5.74, 6) is 0.519. The third kappa shape index (κ3) is 5.20. The summed E-state index contributed by atoms with van der Waals surface area (Å²) in [6.45, 7) is 7.22. The molecule has 24 heavy (non-hydrogen) atoms. The number of hydrogen-bond acceptors (Lipinski definition) is 3. The van der Waals surface area contributed by atoms with Crippen molar-refractivity contribution >= 4 is 5.97 Å². The highest BCUT2D eigenvalue weighted by molar-refractivity contribution is 5.91. The SMILES string of the molecule is CC1CCCC(OC(=O)C2=CCNC2c2ccccc2)C1.CCC. The highest BCUT2D eigenvalue weighted by Crippen LogP contribution is 2.30. The molecule has 0 saturated heterocycles. The van der Waals surface area contributed by atoms with Gasteiger partial charge >= 0.3 is 5.97 Å². The van der Waals surface area contributed by atoms with Gasteiger partial charge in [0.1, 0.15) is 6.10 Å². The largest absolute Gasteiger partial charge is 0.459 e. The molecule has 1 aliphatic heterocycles. The quantitative estimate of drug-likeness (QED) is 0.810. The lowest BCUT2D eigenvalue weighted by molar-refractivity contribution is -0.146. The Kier molecular flexibility index (Phi) is 7.51. The number of hydrogen-bond donors (Lipinski definition) is 1. The molecule has 3 unspecified atom stereocenters. The fourth-order valence-corrected chi connectivity index (χ4v) is 3.36. The summed E-state index contributed by atoms with van der Waals surface area (Å²) < 4.78 is 5.75. The summed E-state index contributed by atoms with van der Waals surface area (Å²) >= 11 is 0. The van der Waals surface area contributed by atoms with E-state index in [0.29, 0.717) is 5.92 Å². The first-order chi connectivity index (χ1) is 11.7. The van der Waals surface area contributed by atoms with Gasteiger partial charge in [0.15, 0.2) is 0 Å². The van der Waals surface area contributed by atoms with Crippen molar-refractivity contribution in [2.45, 2.75) is 65.0 Å². The molecular formula is C21H31NO2. The van der Waals surface area contributed by atoms with E-state index >= 15 is 0 Å². The Morgan fingerprint density at radius 1 is 1.21 bits per heavy atom. The monoisotopic (exact) mass is 329 g/mol. The second-order valence-corrected chi connectivity index (χ2v) is 6.92. The van der Waals surface area contributed by atoms with Crippen molar-refractivity contribution in [1.82, 2.24) is 5.32 Å². The predicted octanol–water partition coefficient (Wildman–Crippen LogP) is 4.80. The fraction of sp³-hybridized carbons (Fsp3) is 0.571. The summed E-state index contributed by atoms with van der Waals surface area (Å²) in [7, 11) is 0. The maximum absolute atomic E-state index is 12.5. The van der Waals surface area contributed by atoms with Gasteiger partial charge in [0.05, 0.1) is 11.6 Å². The van der Waals surface area contributed by atoms with E-state index in [-0.39, 0.29) is 18.1 Å². The molecule has 0 radical (unpaired) electrons. The number of nitrogens with one attached hydrogen (secondary N) is 1. The van der Waals surface area contributed by atoms with Gasteiger partial charge in [-0.3, -0.25) is 0 Å². The van der Waals surface area contributed by atoms with Crippen LogP contribution in [0.1, 0.15) is 64.5 Å². The molecule has 1 saturated carbocycles. The molecule has 0 aromatic heterocycles. The normalized spacial score (nSPS) is 26.1. The Hall–Kier alpha value is -1.61. The van der Waals surface area contributed by atoms with E-state index in [9.17, 15) is 4.79 Å². The van der Waals surface area contributed by atoms with Crippen LogP contribution in [-0.2, 0) is 9.53 Å². The van der Waals surface area contributed by atoms with E-state index in [2.05, 4.69) is 26.1 Å². The van der Waals surface area contributed by atoms with E-state index < -0.39 is 0 Å². The lowest BCUT2D eigenvalue weighted by Gasteiger charge is -2.27. The molecule has 0 spiro atoms. The van der Waals surface area contributed by atoms with Crippen LogP contribution in [-0.4, -0.2) is 18.6 Å². The molecule has 3 atom stereocenters. The van der Waals surface area contributed by atoms with E-state index in [1.165, 1.54) is 19.3 Å². The van der Waals surface area contributed by atoms with E-state index in [1.807, 2.05) is 36.4 Å². The molecule has 1 heterocycles. The van der Waals surface area contributed by atoms with Gasteiger partial charge in [-0.25, -0.2) is 4.79 Å². The number of benzene rings is 1. The van der Waals surface area contributed by atoms with Crippen molar-refractivity contribution < 1.29 is 9.53 Å². The number of rotatable bonds is 3. The molecular weight excluding hydrogens is 298 g/mol. The molecule has 3 heteroatoms. The molecule has 3 rings (SSSR count). The summed E-state index contributed by atoms with van der Waals surface area (Å²) in [6, 6.07) is 10.1. The summed E-state index contributed by atoms with van der Waals surface area (Å²) in [4.78, 5) is 12.5. The maximum Gasteiger partial charge on any atom is 0.335 e. The summed E-state index contributed by atoms with van der Waals surface area (Å²) in [6.07, 6.45) is 7.74. The number of carbonyl (C=O) groups is 1. The van der Waals surface area contributed by atoms with Crippen LogP contribution in [0.25, 0.3) is 0 Å². The Balaban J connectivity index is 0.000000647. The minimum atomic E-state index is -0.145. The lowest BCUT2D eigenvalue weighted by Crippen LogP contribution is -2.27. The van der Waals surface area contributed by atoms with Gasteiger partial charge in [-0.15, -0.1) is 0 Å². The van der Waals surface area contributed by atoms with Gasteiger partial charge in [-0.05, 0) is 30.7 Å². The van der Waals surface area contributed by atoms with Crippen LogP contribution in [0.2, 0.25) is 0 Å². The molecule has 0 bridgehead atoms. The minimum Gasteiger partial charge on any atom is -0.459 e. The minimum absolute atomic E-state index is 0.0280. The molecule has 1 aromatic carbocycles. The Labute approximate surface area is 146 Å². The van der Waals surface area contributed by atoms with Crippen LogP contribution in [0, 0.1) is 5.92 Å². The number of carbonyl (C=O) groups excluding carboxylic acids is 1.